The summed E-state index contributed by atoms with van der Waals surface area (Å²) in [4.78, 5) is 11.8. The van der Waals surface area contributed by atoms with Crippen molar-refractivity contribution in [3.8, 4) is 5.75 Å². The number of amides is 1. The molecule has 0 aliphatic heterocycles. The van der Waals surface area contributed by atoms with Crippen molar-refractivity contribution in [2.24, 2.45) is 0 Å². The summed E-state index contributed by atoms with van der Waals surface area (Å²) >= 11 is 3.14. The third-order valence-corrected chi connectivity index (χ3v) is 5.37. The van der Waals surface area contributed by atoms with E-state index in [4.69, 9.17) is 4.74 Å². The Morgan fingerprint density at radius 1 is 1.21 bits per heavy atom. The number of hydrogen-bond acceptors (Lipinski definition) is 4. The van der Waals surface area contributed by atoms with E-state index >= 15 is 0 Å². The van der Waals surface area contributed by atoms with Crippen LogP contribution in [0.2, 0.25) is 0 Å². The van der Waals surface area contributed by atoms with Gasteiger partial charge in [0.1, 0.15) is 12.4 Å². The SMILES string of the molecule is CSC(=O)N(O)c1cccc(I)c1COc1cc(C)c(C)cc1C. The first-order valence-electron chi connectivity index (χ1n) is 7.40. The van der Waals surface area contributed by atoms with Gasteiger partial charge in [0.2, 0.25) is 0 Å². The molecule has 0 atom stereocenters. The number of nitrogens with zero attached hydrogens (tertiary/aromatic N) is 1. The quantitative estimate of drug-likeness (QED) is 0.376. The molecular weight excluding hydrogens is 437 g/mol. The van der Waals surface area contributed by atoms with Crippen LogP contribution in [0.25, 0.3) is 0 Å². The third-order valence-electron chi connectivity index (χ3n) is 3.83. The van der Waals surface area contributed by atoms with E-state index in [-0.39, 0.29) is 6.61 Å². The van der Waals surface area contributed by atoms with Gasteiger partial charge in [0.15, 0.2) is 0 Å². The van der Waals surface area contributed by atoms with Gasteiger partial charge in [0.05, 0.1) is 5.69 Å². The van der Waals surface area contributed by atoms with Crippen LogP contribution in [0.15, 0.2) is 30.3 Å². The van der Waals surface area contributed by atoms with E-state index in [1.807, 2.05) is 26.0 Å². The van der Waals surface area contributed by atoms with E-state index in [9.17, 15) is 10.0 Å². The molecule has 0 aliphatic rings. The largest absolute Gasteiger partial charge is 0.489 e. The van der Waals surface area contributed by atoms with Crippen LogP contribution in [-0.4, -0.2) is 16.7 Å². The van der Waals surface area contributed by atoms with Gasteiger partial charge in [-0.05, 0) is 84.5 Å². The lowest BCUT2D eigenvalue weighted by atomic mass is 10.1. The van der Waals surface area contributed by atoms with Gasteiger partial charge >= 0.3 is 5.24 Å². The standard InChI is InChI=1S/C18H20INO3S/c1-11-8-13(3)17(9-12(11)2)23-10-14-15(19)6-5-7-16(14)20(22)18(21)24-4/h5-9,22H,10H2,1-4H3. The van der Waals surface area contributed by atoms with Crippen molar-refractivity contribution in [2.45, 2.75) is 27.4 Å². The maximum atomic E-state index is 11.8. The maximum absolute atomic E-state index is 11.8. The maximum Gasteiger partial charge on any atom is 0.309 e. The van der Waals surface area contributed by atoms with Crippen molar-refractivity contribution in [1.29, 1.82) is 0 Å². The topological polar surface area (TPSA) is 49.8 Å². The Balaban J connectivity index is 2.30. The lowest BCUT2D eigenvalue weighted by molar-refractivity contribution is 0.223. The molecule has 0 saturated carbocycles. The molecule has 2 aromatic rings. The second-order valence-corrected chi connectivity index (χ2v) is 7.43. The molecule has 2 rings (SSSR count). The van der Waals surface area contributed by atoms with E-state index in [0.29, 0.717) is 10.8 Å². The molecule has 1 N–H and O–H groups in total. The summed E-state index contributed by atoms with van der Waals surface area (Å²) < 4.78 is 6.91. The Hall–Kier alpha value is -1.25. The van der Waals surface area contributed by atoms with Crippen LogP contribution in [0.1, 0.15) is 22.3 Å². The molecule has 0 aliphatic carbocycles. The van der Waals surface area contributed by atoms with Crippen LogP contribution in [0.5, 0.6) is 5.75 Å². The Morgan fingerprint density at radius 2 is 1.88 bits per heavy atom. The molecular formula is C18H20INO3S. The van der Waals surface area contributed by atoms with Crippen LogP contribution in [0, 0.1) is 24.3 Å². The average molecular weight is 457 g/mol. The zero-order valence-electron chi connectivity index (χ0n) is 14.1. The predicted octanol–water partition coefficient (Wildman–Crippen LogP) is 5.47. The van der Waals surface area contributed by atoms with Gasteiger partial charge in [0.25, 0.3) is 0 Å². The molecule has 0 aromatic heterocycles. The van der Waals surface area contributed by atoms with E-state index < -0.39 is 5.24 Å². The van der Waals surface area contributed by atoms with Gasteiger partial charge in [-0.25, -0.2) is 0 Å². The summed E-state index contributed by atoms with van der Waals surface area (Å²) in [6, 6.07) is 9.55. The molecule has 2 aromatic carbocycles. The number of halogens is 1. The number of carbonyl (C=O) groups excluding carboxylic acids is 1. The van der Waals surface area contributed by atoms with Gasteiger partial charge in [-0.2, -0.15) is 5.06 Å². The summed E-state index contributed by atoms with van der Waals surface area (Å²) in [5.41, 5.74) is 4.68. The molecule has 0 radical (unpaired) electrons. The van der Waals surface area contributed by atoms with Crippen molar-refractivity contribution >= 4 is 45.3 Å². The molecule has 0 saturated heterocycles. The van der Waals surface area contributed by atoms with E-state index in [1.165, 1.54) is 11.1 Å². The fourth-order valence-corrected chi connectivity index (χ4v) is 3.22. The molecule has 0 unspecified atom stereocenters. The first kappa shape index (κ1) is 19.1. The van der Waals surface area contributed by atoms with Crippen molar-refractivity contribution in [2.75, 3.05) is 11.3 Å². The molecule has 1 amide bonds. The Labute approximate surface area is 160 Å². The zero-order chi connectivity index (χ0) is 17.9. The van der Waals surface area contributed by atoms with Crippen molar-refractivity contribution in [3.63, 3.8) is 0 Å². The molecule has 0 heterocycles. The van der Waals surface area contributed by atoms with E-state index in [2.05, 4.69) is 35.6 Å². The predicted molar refractivity (Wildman–Crippen MR) is 107 cm³/mol. The summed E-state index contributed by atoms with van der Waals surface area (Å²) in [5, 5.41) is 10.4. The summed E-state index contributed by atoms with van der Waals surface area (Å²) in [6.07, 6.45) is 1.63. The minimum Gasteiger partial charge on any atom is -0.489 e. The number of aryl methyl sites for hydroxylation is 3. The Morgan fingerprint density at radius 3 is 2.54 bits per heavy atom. The number of hydrogen-bond donors (Lipinski definition) is 1. The first-order valence-corrected chi connectivity index (χ1v) is 9.70. The van der Waals surface area contributed by atoms with Gasteiger partial charge in [-0.15, -0.1) is 0 Å². The number of anilines is 1. The van der Waals surface area contributed by atoms with Crippen LogP contribution in [0.4, 0.5) is 10.5 Å². The van der Waals surface area contributed by atoms with Crippen LogP contribution in [0.3, 0.4) is 0 Å². The number of hydroxylamine groups is 1. The normalized spacial score (nSPS) is 10.6. The second kappa shape index (κ2) is 8.22. The molecule has 4 nitrogen and oxygen atoms in total. The van der Waals surface area contributed by atoms with E-state index in [1.54, 1.807) is 18.4 Å². The smallest absolute Gasteiger partial charge is 0.309 e. The third kappa shape index (κ3) is 4.23. The fraction of sp³-hybridized carbons (Fsp3) is 0.278. The highest BCUT2D eigenvalue weighted by molar-refractivity contribution is 14.1. The lowest BCUT2D eigenvalue weighted by Gasteiger charge is -2.19. The zero-order valence-corrected chi connectivity index (χ0v) is 17.1. The molecule has 0 fully saturated rings. The number of ether oxygens (including phenoxy) is 1. The Kier molecular flexibility index (Phi) is 6.54. The van der Waals surface area contributed by atoms with Crippen molar-refractivity contribution < 1.29 is 14.7 Å². The molecule has 24 heavy (non-hydrogen) atoms. The highest BCUT2D eigenvalue weighted by Gasteiger charge is 2.18. The summed E-state index contributed by atoms with van der Waals surface area (Å²) in [6.45, 7) is 6.40. The average Bonchev–Trinajstić information content (AvgIpc) is 2.56. The monoisotopic (exact) mass is 457 g/mol. The van der Waals surface area contributed by atoms with Crippen molar-refractivity contribution in [1.82, 2.24) is 0 Å². The molecule has 0 bridgehead atoms. The van der Waals surface area contributed by atoms with Gasteiger partial charge in [-0.3, -0.25) is 10.0 Å². The lowest BCUT2D eigenvalue weighted by Crippen LogP contribution is -2.24. The minimum absolute atomic E-state index is 0.274. The van der Waals surface area contributed by atoms with Gasteiger partial charge in [0, 0.05) is 9.13 Å². The summed E-state index contributed by atoms with van der Waals surface area (Å²) in [7, 11) is 0. The Bertz CT molecular complexity index is 764. The van der Waals surface area contributed by atoms with E-state index in [0.717, 1.165) is 32.2 Å². The minimum atomic E-state index is -0.430. The van der Waals surface area contributed by atoms with Crippen LogP contribution < -0.4 is 9.80 Å². The number of carbonyl (C=O) groups is 1. The molecule has 0 spiro atoms. The van der Waals surface area contributed by atoms with Crippen LogP contribution >= 0.6 is 34.4 Å². The number of benzene rings is 2. The first-order chi connectivity index (χ1) is 11.3. The highest BCUT2D eigenvalue weighted by Crippen LogP contribution is 2.29. The highest BCUT2D eigenvalue weighted by atomic mass is 127. The van der Waals surface area contributed by atoms with Gasteiger partial charge in [-0.1, -0.05) is 23.9 Å². The molecule has 6 heteroatoms. The summed E-state index contributed by atoms with van der Waals surface area (Å²) in [5.74, 6) is 0.810. The van der Waals surface area contributed by atoms with Crippen LogP contribution in [-0.2, 0) is 6.61 Å². The van der Waals surface area contributed by atoms with Gasteiger partial charge < -0.3 is 4.74 Å². The number of rotatable bonds is 4. The second-order valence-electron chi connectivity index (χ2n) is 5.51. The van der Waals surface area contributed by atoms with Crippen molar-refractivity contribution in [3.05, 3.63) is 56.2 Å². The number of thioether (sulfide) groups is 1. The molecule has 128 valence electrons. The fourth-order valence-electron chi connectivity index (χ4n) is 2.31.